The maximum absolute atomic E-state index is 14.1. The van der Waals surface area contributed by atoms with Crippen LogP contribution in [0.4, 0.5) is 4.79 Å². The average molecular weight is 547 g/mol. The molecule has 4 N–H and O–H groups in total. The summed E-state index contributed by atoms with van der Waals surface area (Å²) in [4.78, 5) is 65.2. The highest BCUT2D eigenvalue weighted by Crippen LogP contribution is 2.41. The highest BCUT2D eigenvalue weighted by Gasteiger charge is 2.48. The molecule has 0 spiro atoms. The third-order valence-electron chi connectivity index (χ3n) is 6.20. The van der Waals surface area contributed by atoms with Crippen molar-refractivity contribution < 1.29 is 33.4 Å². The lowest BCUT2D eigenvalue weighted by Gasteiger charge is -2.35. The van der Waals surface area contributed by atoms with Gasteiger partial charge in [-0.25, -0.2) is 4.79 Å². The van der Waals surface area contributed by atoms with Gasteiger partial charge in [-0.2, -0.15) is 0 Å². The number of hydrogen-bond donors (Lipinski definition) is 3. The summed E-state index contributed by atoms with van der Waals surface area (Å²) in [5.74, 6) is -1.95. The molecule has 1 saturated carbocycles. The molecule has 0 radical (unpaired) electrons. The number of primary amides is 1. The summed E-state index contributed by atoms with van der Waals surface area (Å²) in [6, 6.07) is 4.78. The SMILES string of the molecule is CCOC(=O)CCNC(=O)C(c1ccc(C)cc1)N(C(=O)C(CCC(N)=O)NC(=O)OC(C)(C)C)C1CC1C. The van der Waals surface area contributed by atoms with Gasteiger partial charge in [0.05, 0.1) is 13.0 Å². The highest BCUT2D eigenvalue weighted by molar-refractivity contribution is 5.93. The van der Waals surface area contributed by atoms with Crippen molar-refractivity contribution in [2.45, 2.75) is 91.0 Å². The van der Waals surface area contributed by atoms with E-state index in [1.165, 1.54) is 4.90 Å². The highest BCUT2D eigenvalue weighted by atomic mass is 16.6. The van der Waals surface area contributed by atoms with E-state index < -0.39 is 47.5 Å². The number of ether oxygens (including phenoxy) is 2. The number of aryl methyl sites for hydroxylation is 1. The monoisotopic (exact) mass is 546 g/mol. The van der Waals surface area contributed by atoms with E-state index in [1.54, 1.807) is 39.8 Å². The van der Waals surface area contributed by atoms with Crippen molar-refractivity contribution in [2.75, 3.05) is 13.2 Å². The van der Waals surface area contributed by atoms with Crippen LogP contribution in [0.1, 0.15) is 77.5 Å². The molecule has 2 rings (SSSR count). The molecule has 1 aliphatic carbocycles. The van der Waals surface area contributed by atoms with Crippen LogP contribution >= 0.6 is 0 Å². The van der Waals surface area contributed by atoms with Gasteiger partial charge in [-0.05, 0) is 58.9 Å². The van der Waals surface area contributed by atoms with E-state index in [9.17, 15) is 24.0 Å². The Balaban J connectivity index is 2.42. The largest absolute Gasteiger partial charge is 0.466 e. The van der Waals surface area contributed by atoms with Gasteiger partial charge in [0.1, 0.15) is 17.7 Å². The number of rotatable bonds is 13. The zero-order valence-electron chi connectivity index (χ0n) is 23.7. The van der Waals surface area contributed by atoms with Gasteiger partial charge in [-0.15, -0.1) is 0 Å². The Hall–Kier alpha value is -3.63. The number of benzene rings is 1. The summed E-state index contributed by atoms with van der Waals surface area (Å²) >= 11 is 0. The van der Waals surface area contributed by atoms with E-state index in [-0.39, 0.29) is 44.4 Å². The van der Waals surface area contributed by atoms with Gasteiger partial charge < -0.3 is 30.7 Å². The van der Waals surface area contributed by atoms with Gasteiger partial charge in [0.2, 0.25) is 17.7 Å². The van der Waals surface area contributed by atoms with Gasteiger partial charge in [0.25, 0.3) is 0 Å². The van der Waals surface area contributed by atoms with Crippen LogP contribution in [0.3, 0.4) is 0 Å². The first-order chi connectivity index (χ1) is 18.2. The second-order valence-electron chi connectivity index (χ2n) is 10.9. The zero-order valence-corrected chi connectivity index (χ0v) is 23.7. The lowest BCUT2D eigenvalue weighted by molar-refractivity contribution is -0.145. The van der Waals surface area contributed by atoms with Gasteiger partial charge >= 0.3 is 12.1 Å². The van der Waals surface area contributed by atoms with Crippen LogP contribution in [-0.4, -0.2) is 65.5 Å². The predicted octanol–water partition coefficient (Wildman–Crippen LogP) is 2.50. The maximum atomic E-state index is 14.1. The number of nitrogens with one attached hydrogen (secondary N) is 2. The van der Waals surface area contributed by atoms with Crippen molar-refractivity contribution in [2.24, 2.45) is 11.7 Å². The molecule has 4 atom stereocenters. The normalized spacial score (nSPS) is 17.8. The molecule has 11 nitrogen and oxygen atoms in total. The molecule has 0 aliphatic heterocycles. The van der Waals surface area contributed by atoms with Crippen molar-refractivity contribution in [3.8, 4) is 0 Å². The van der Waals surface area contributed by atoms with E-state index >= 15 is 0 Å². The summed E-state index contributed by atoms with van der Waals surface area (Å²) in [5.41, 5.74) is 6.09. The Labute approximate surface area is 230 Å². The molecule has 1 aliphatic rings. The first-order valence-electron chi connectivity index (χ1n) is 13.3. The number of carbonyl (C=O) groups is 5. The first kappa shape index (κ1) is 31.6. The van der Waals surface area contributed by atoms with Crippen LogP contribution in [0.2, 0.25) is 0 Å². The van der Waals surface area contributed by atoms with Crippen LogP contribution < -0.4 is 16.4 Å². The molecule has 1 aromatic rings. The summed E-state index contributed by atoms with van der Waals surface area (Å²) < 4.78 is 10.3. The second-order valence-corrected chi connectivity index (χ2v) is 10.9. The summed E-state index contributed by atoms with van der Waals surface area (Å²) in [6.07, 6.45) is -0.383. The number of nitrogens with two attached hydrogens (primary N) is 1. The summed E-state index contributed by atoms with van der Waals surface area (Å²) in [7, 11) is 0. The summed E-state index contributed by atoms with van der Waals surface area (Å²) in [6.45, 7) is 10.9. The Morgan fingerprint density at radius 2 is 1.72 bits per heavy atom. The number of esters is 1. The number of amides is 4. The Morgan fingerprint density at radius 3 is 2.23 bits per heavy atom. The van der Waals surface area contributed by atoms with Gasteiger partial charge in [-0.3, -0.25) is 19.2 Å². The molecule has 216 valence electrons. The second kappa shape index (κ2) is 14.0. The van der Waals surface area contributed by atoms with E-state index in [0.29, 0.717) is 12.0 Å². The van der Waals surface area contributed by atoms with Crippen LogP contribution in [-0.2, 0) is 28.7 Å². The van der Waals surface area contributed by atoms with Crippen LogP contribution in [0.25, 0.3) is 0 Å². The summed E-state index contributed by atoms with van der Waals surface area (Å²) in [5, 5.41) is 5.34. The molecule has 0 heterocycles. The van der Waals surface area contributed by atoms with Crippen molar-refractivity contribution in [1.29, 1.82) is 0 Å². The predicted molar refractivity (Wildman–Crippen MR) is 144 cm³/mol. The molecule has 4 unspecified atom stereocenters. The molecule has 4 amide bonds. The molecular formula is C28H42N4O7. The molecule has 1 fully saturated rings. The van der Waals surface area contributed by atoms with E-state index in [0.717, 1.165) is 5.56 Å². The van der Waals surface area contributed by atoms with Gasteiger partial charge in [0.15, 0.2) is 0 Å². The molecule has 11 heteroatoms. The van der Waals surface area contributed by atoms with E-state index in [4.69, 9.17) is 15.2 Å². The minimum absolute atomic E-state index is 0.0184. The topological polar surface area (TPSA) is 157 Å². The zero-order chi connectivity index (χ0) is 29.3. The number of hydrogen-bond acceptors (Lipinski definition) is 7. The van der Waals surface area contributed by atoms with Crippen LogP contribution in [0.15, 0.2) is 24.3 Å². The van der Waals surface area contributed by atoms with Gasteiger partial charge in [0, 0.05) is 19.0 Å². The minimum Gasteiger partial charge on any atom is -0.466 e. The molecule has 0 aromatic heterocycles. The van der Waals surface area contributed by atoms with E-state index in [1.807, 2.05) is 26.0 Å². The lowest BCUT2D eigenvalue weighted by Crippen LogP contribution is -2.54. The maximum Gasteiger partial charge on any atom is 0.408 e. The van der Waals surface area contributed by atoms with Crippen molar-refractivity contribution in [3.63, 3.8) is 0 Å². The first-order valence-corrected chi connectivity index (χ1v) is 13.3. The molecule has 1 aromatic carbocycles. The number of alkyl carbamates (subject to hydrolysis) is 1. The van der Waals surface area contributed by atoms with Crippen molar-refractivity contribution in [3.05, 3.63) is 35.4 Å². The van der Waals surface area contributed by atoms with E-state index in [2.05, 4.69) is 10.6 Å². The third-order valence-corrected chi connectivity index (χ3v) is 6.20. The molecule has 0 saturated heterocycles. The number of nitrogens with zero attached hydrogens (tertiary/aromatic N) is 1. The Morgan fingerprint density at radius 1 is 1.10 bits per heavy atom. The molecule has 39 heavy (non-hydrogen) atoms. The fourth-order valence-corrected chi connectivity index (χ4v) is 4.15. The average Bonchev–Trinajstić information content (AvgIpc) is 3.54. The quantitative estimate of drug-likeness (QED) is 0.321. The number of carbonyl (C=O) groups excluding carboxylic acids is 5. The Kier molecular flexibility index (Phi) is 11.3. The standard InChI is InChI=1S/C28H42N4O7/c1-7-38-23(34)14-15-30-25(35)24(19-10-8-17(2)9-11-19)32(21-16-18(21)3)26(36)20(12-13-22(29)33)31-27(37)39-28(4,5)6/h8-11,18,20-21,24H,7,12-16H2,1-6H3,(H2,29,33)(H,30,35)(H,31,37). The third kappa shape index (κ3) is 10.2. The van der Waals surface area contributed by atoms with Crippen LogP contribution in [0, 0.1) is 12.8 Å². The molecule has 0 bridgehead atoms. The fraction of sp³-hybridized carbons (Fsp3) is 0.607. The van der Waals surface area contributed by atoms with Crippen LogP contribution in [0.5, 0.6) is 0 Å². The molecular weight excluding hydrogens is 504 g/mol. The van der Waals surface area contributed by atoms with Gasteiger partial charge in [-0.1, -0.05) is 36.8 Å². The lowest BCUT2D eigenvalue weighted by atomic mass is 10.00. The minimum atomic E-state index is -1.15. The Bertz CT molecular complexity index is 1040. The smallest absolute Gasteiger partial charge is 0.408 e. The fourth-order valence-electron chi connectivity index (χ4n) is 4.15. The van der Waals surface area contributed by atoms with Crippen molar-refractivity contribution >= 4 is 29.8 Å². The van der Waals surface area contributed by atoms with Crippen molar-refractivity contribution in [1.82, 2.24) is 15.5 Å².